The van der Waals surface area contributed by atoms with Gasteiger partial charge in [-0.1, -0.05) is 35.9 Å². The van der Waals surface area contributed by atoms with Crippen LogP contribution in [0.2, 0.25) is 0 Å². The van der Waals surface area contributed by atoms with Crippen molar-refractivity contribution in [2.24, 2.45) is 0 Å². The van der Waals surface area contributed by atoms with Crippen molar-refractivity contribution in [3.8, 4) is 11.5 Å². The zero-order valence-corrected chi connectivity index (χ0v) is 13.0. The van der Waals surface area contributed by atoms with Crippen LogP contribution in [0, 0.1) is 6.92 Å². The fourth-order valence-corrected chi connectivity index (χ4v) is 2.57. The fraction of sp³-hybridized carbons (Fsp3) is 0.278. The highest BCUT2D eigenvalue weighted by Crippen LogP contribution is 2.32. The van der Waals surface area contributed by atoms with Crippen molar-refractivity contribution in [2.45, 2.75) is 19.3 Å². The molecule has 0 aliphatic carbocycles. The standard InChI is InChI=1S/C18H20O4/c1-12-8-9-16(21-2)13(10-12)11-15(18(19)20)14-6-4-5-7-17(14)22-3/h4-10,15H,11H2,1-3H3,(H,19,20). The molecular weight excluding hydrogens is 280 g/mol. The van der Waals surface area contributed by atoms with Gasteiger partial charge in [0.15, 0.2) is 0 Å². The van der Waals surface area contributed by atoms with Gasteiger partial charge in [0.2, 0.25) is 0 Å². The fourth-order valence-electron chi connectivity index (χ4n) is 2.57. The summed E-state index contributed by atoms with van der Waals surface area (Å²) in [5.74, 6) is -0.284. The smallest absolute Gasteiger partial charge is 0.311 e. The molecule has 4 nitrogen and oxygen atoms in total. The number of aryl methyl sites for hydroxylation is 1. The average molecular weight is 300 g/mol. The summed E-state index contributed by atoms with van der Waals surface area (Å²) >= 11 is 0. The first-order valence-corrected chi connectivity index (χ1v) is 7.06. The molecule has 2 aromatic rings. The summed E-state index contributed by atoms with van der Waals surface area (Å²) in [6.45, 7) is 1.97. The van der Waals surface area contributed by atoms with E-state index in [0.29, 0.717) is 23.5 Å². The molecule has 22 heavy (non-hydrogen) atoms. The number of hydrogen-bond donors (Lipinski definition) is 1. The third-order valence-corrected chi connectivity index (χ3v) is 3.67. The molecule has 1 N–H and O–H groups in total. The molecule has 0 aliphatic heterocycles. The van der Waals surface area contributed by atoms with E-state index >= 15 is 0 Å². The van der Waals surface area contributed by atoms with Crippen LogP contribution in [0.25, 0.3) is 0 Å². The Bertz CT molecular complexity index is 664. The molecule has 0 radical (unpaired) electrons. The summed E-state index contributed by atoms with van der Waals surface area (Å²) < 4.78 is 10.6. The number of aliphatic carboxylic acids is 1. The molecule has 0 aromatic heterocycles. The lowest BCUT2D eigenvalue weighted by Crippen LogP contribution is -2.16. The number of carboxylic acid groups (broad SMARTS) is 1. The van der Waals surface area contributed by atoms with Gasteiger partial charge < -0.3 is 14.6 Å². The van der Waals surface area contributed by atoms with Crippen LogP contribution in [0.5, 0.6) is 11.5 Å². The van der Waals surface area contributed by atoms with Gasteiger partial charge in [0, 0.05) is 5.56 Å². The van der Waals surface area contributed by atoms with Crippen LogP contribution in [0.4, 0.5) is 0 Å². The van der Waals surface area contributed by atoms with Gasteiger partial charge in [-0.05, 0) is 31.0 Å². The first kappa shape index (κ1) is 15.9. The molecule has 2 aromatic carbocycles. The van der Waals surface area contributed by atoms with E-state index in [9.17, 15) is 9.90 Å². The van der Waals surface area contributed by atoms with Crippen molar-refractivity contribution in [3.63, 3.8) is 0 Å². The summed E-state index contributed by atoms with van der Waals surface area (Å²) in [6, 6.07) is 13.0. The summed E-state index contributed by atoms with van der Waals surface area (Å²) in [5.41, 5.74) is 2.61. The molecule has 2 rings (SSSR count). The minimum absolute atomic E-state index is 0.348. The molecular formula is C18H20O4. The maximum Gasteiger partial charge on any atom is 0.311 e. The largest absolute Gasteiger partial charge is 0.496 e. The minimum atomic E-state index is -0.881. The summed E-state index contributed by atoms with van der Waals surface area (Å²) in [7, 11) is 3.14. The van der Waals surface area contributed by atoms with E-state index in [-0.39, 0.29) is 0 Å². The number of rotatable bonds is 6. The summed E-state index contributed by atoms with van der Waals surface area (Å²) in [4.78, 5) is 11.8. The first-order valence-electron chi connectivity index (χ1n) is 7.06. The Kier molecular flexibility index (Phi) is 5.04. The van der Waals surface area contributed by atoms with Crippen molar-refractivity contribution in [1.82, 2.24) is 0 Å². The maximum absolute atomic E-state index is 11.8. The molecule has 1 unspecified atom stereocenters. The second-order valence-corrected chi connectivity index (χ2v) is 5.15. The number of carbonyl (C=O) groups is 1. The van der Waals surface area contributed by atoms with Gasteiger partial charge in [-0.2, -0.15) is 0 Å². The van der Waals surface area contributed by atoms with Crippen molar-refractivity contribution in [3.05, 3.63) is 59.2 Å². The summed E-state index contributed by atoms with van der Waals surface area (Å²) in [5, 5.41) is 9.64. The van der Waals surface area contributed by atoms with E-state index in [0.717, 1.165) is 11.1 Å². The molecule has 0 bridgehead atoms. The van der Waals surface area contributed by atoms with Gasteiger partial charge in [-0.15, -0.1) is 0 Å². The van der Waals surface area contributed by atoms with Gasteiger partial charge >= 0.3 is 5.97 Å². The number of benzene rings is 2. The van der Waals surface area contributed by atoms with E-state index in [1.54, 1.807) is 26.4 Å². The highest BCUT2D eigenvalue weighted by molar-refractivity contribution is 5.78. The zero-order chi connectivity index (χ0) is 16.1. The Hall–Kier alpha value is -2.49. The van der Waals surface area contributed by atoms with Gasteiger partial charge in [0.1, 0.15) is 11.5 Å². The van der Waals surface area contributed by atoms with Crippen LogP contribution >= 0.6 is 0 Å². The highest BCUT2D eigenvalue weighted by atomic mass is 16.5. The SMILES string of the molecule is COc1ccc(C)cc1CC(C(=O)O)c1ccccc1OC. The molecule has 0 aliphatic rings. The Labute approximate surface area is 130 Å². The van der Waals surface area contributed by atoms with Gasteiger partial charge in [-0.3, -0.25) is 4.79 Å². The van der Waals surface area contributed by atoms with E-state index in [1.165, 1.54) is 0 Å². The topological polar surface area (TPSA) is 55.8 Å². The van der Waals surface area contributed by atoms with E-state index < -0.39 is 11.9 Å². The second-order valence-electron chi connectivity index (χ2n) is 5.15. The Morgan fingerprint density at radius 2 is 1.77 bits per heavy atom. The molecule has 0 heterocycles. The van der Waals surface area contributed by atoms with Crippen LogP contribution in [0.15, 0.2) is 42.5 Å². The zero-order valence-electron chi connectivity index (χ0n) is 13.0. The molecule has 4 heteroatoms. The monoisotopic (exact) mass is 300 g/mol. The Balaban J connectivity index is 2.42. The minimum Gasteiger partial charge on any atom is -0.496 e. The lowest BCUT2D eigenvalue weighted by atomic mass is 9.90. The molecule has 116 valence electrons. The van der Waals surface area contributed by atoms with E-state index in [4.69, 9.17) is 9.47 Å². The predicted molar refractivity (Wildman–Crippen MR) is 84.8 cm³/mol. The number of para-hydroxylation sites is 1. The third kappa shape index (κ3) is 3.39. The maximum atomic E-state index is 11.8. The van der Waals surface area contributed by atoms with Gasteiger partial charge in [-0.25, -0.2) is 0 Å². The lowest BCUT2D eigenvalue weighted by Gasteiger charge is -2.18. The van der Waals surface area contributed by atoms with Crippen molar-refractivity contribution >= 4 is 5.97 Å². The Morgan fingerprint density at radius 3 is 2.41 bits per heavy atom. The average Bonchev–Trinajstić information content (AvgIpc) is 2.52. The van der Waals surface area contributed by atoms with Gasteiger partial charge in [0.05, 0.1) is 20.1 Å². The van der Waals surface area contributed by atoms with Gasteiger partial charge in [0.25, 0.3) is 0 Å². The van der Waals surface area contributed by atoms with Crippen LogP contribution < -0.4 is 9.47 Å². The van der Waals surface area contributed by atoms with Crippen molar-refractivity contribution in [1.29, 1.82) is 0 Å². The molecule has 0 amide bonds. The Morgan fingerprint density at radius 1 is 1.09 bits per heavy atom. The second kappa shape index (κ2) is 6.98. The first-order chi connectivity index (χ1) is 10.6. The molecule has 0 spiro atoms. The van der Waals surface area contributed by atoms with Crippen LogP contribution in [-0.2, 0) is 11.2 Å². The number of hydrogen-bond acceptors (Lipinski definition) is 3. The molecule has 1 atom stereocenters. The van der Waals surface area contributed by atoms with Crippen LogP contribution in [0.3, 0.4) is 0 Å². The predicted octanol–water partition coefficient (Wildman–Crippen LogP) is 3.42. The third-order valence-electron chi connectivity index (χ3n) is 3.67. The van der Waals surface area contributed by atoms with Crippen LogP contribution in [0.1, 0.15) is 22.6 Å². The van der Waals surface area contributed by atoms with Crippen molar-refractivity contribution in [2.75, 3.05) is 14.2 Å². The summed E-state index contributed by atoms with van der Waals surface area (Å²) in [6.07, 6.45) is 0.348. The lowest BCUT2D eigenvalue weighted by molar-refractivity contribution is -0.138. The number of carboxylic acids is 1. The highest BCUT2D eigenvalue weighted by Gasteiger charge is 2.25. The van der Waals surface area contributed by atoms with E-state index in [2.05, 4.69) is 0 Å². The quantitative estimate of drug-likeness (QED) is 0.888. The normalized spacial score (nSPS) is 11.8. The number of ether oxygens (including phenoxy) is 2. The van der Waals surface area contributed by atoms with Crippen LogP contribution in [-0.4, -0.2) is 25.3 Å². The molecule has 0 saturated heterocycles. The van der Waals surface area contributed by atoms with E-state index in [1.807, 2.05) is 37.3 Å². The molecule has 0 fully saturated rings. The molecule has 0 saturated carbocycles. The van der Waals surface area contributed by atoms with Crippen molar-refractivity contribution < 1.29 is 19.4 Å². The number of methoxy groups -OCH3 is 2.